The van der Waals surface area contributed by atoms with Crippen molar-refractivity contribution in [1.29, 1.82) is 0 Å². The van der Waals surface area contributed by atoms with Gasteiger partial charge in [-0.1, -0.05) is 6.07 Å². The number of carbonyl (C=O) groups excluding carboxylic acids is 1. The van der Waals surface area contributed by atoms with E-state index in [4.69, 9.17) is 10.5 Å². The maximum absolute atomic E-state index is 12.4. The summed E-state index contributed by atoms with van der Waals surface area (Å²) in [6, 6.07) is 4.03. The molecule has 2 atom stereocenters. The predicted octanol–water partition coefficient (Wildman–Crippen LogP) is 1.74. The van der Waals surface area contributed by atoms with E-state index in [1.165, 1.54) is 0 Å². The third-order valence-corrected chi connectivity index (χ3v) is 5.29. The molecule has 3 rings (SSSR count). The summed E-state index contributed by atoms with van der Waals surface area (Å²) in [5.41, 5.74) is 6.29. The Balaban J connectivity index is 1.85. The van der Waals surface area contributed by atoms with E-state index >= 15 is 0 Å². The monoisotopic (exact) mass is 303 g/mol. The Bertz CT molecular complexity index is 559. The van der Waals surface area contributed by atoms with Crippen molar-refractivity contribution >= 4 is 5.91 Å². The zero-order chi connectivity index (χ0) is 15.7. The fourth-order valence-electron chi connectivity index (χ4n) is 3.89. The van der Waals surface area contributed by atoms with Crippen LogP contribution in [0.1, 0.15) is 31.2 Å². The van der Waals surface area contributed by atoms with Crippen LogP contribution in [0.5, 0.6) is 5.88 Å². The van der Waals surface area contributed by atoms with Crippen LogP contribution in [0.15, 0.2) is 18.3 Å². The lowest BCUT2D eigenvalue weighted by Gasteiger charge is -2.39. The predicted molar refractivity (Wildman–Crippen MR) is 84.5 cm³/mol. The molecule has 1 aliphatic carbocycles. The fourth-order valence-corrected chi connectivity index (χ4v) is 3.89. The maximum atomic E-state index is 12.4. The summed E-state index contributed by atoms with van der Waals surface area (Å²) in [4.78, 5) is 19.0. The second kappa shape index (κ2) is 5.88. The number of hydrogen-bond acceptors (Lipinski definition) is 4. The lowest BCUT2D eigenvalue weighted by atomic mass is 9.74. The molecule has 5 nitrogen and oxygen atoms in total. The maximum Gasteiger partial charge on any atom is 0.228 e. The smallest absolute Gasteiger partial charge is 0.228 e. The van der Waals surface area contributed by atoms with E-state index in [0.717, 1.165) is 37.8 Å². The van der Waals surface area contributed by atoms with Crippen molar-refractivity contribution in [3.8, 4) is 5.88 Å². The number of nitrogens with two attached hydrogens (primary N) is 1. The van der Waals surface area contributed by atoms with Crippen LogP contribution in [0.3, 0.4) is 0 Å². The first-order valence-electron chi connectivity index (χ1n) is 8.10. The summed E-state index contributed by atoms with van der Waals surface area (Å²) < 4.78 is 5.99. The highest BCUT2D eigenvalue weighted by molar-refractivity contribution is 5.83. The molecule has 0 aromatic carbocycles. The van der Waals surface area contributed by atoms with Gasteiger partial charge in [-0.15, -0.1) is 0 Å². The number of amides is 1. The Labute approximate surface area is 131 Å². The Hall–Kier alpha value is -1.62. The van der Waals surface area contributed by atoms with Gasteiger partial charge in [-0.2, -0.15) is 0 Å². The SMILES string of the molecule is Cc1cccnc1OCC(C(N)=O)(C1CC1)C1CCCN1C. The Kier molecular flexibility index (Phi) is 4.08. The topological polar surface area (TPSA) is 68.5 Å². The van der Waals surface area contributed by atoms with Crippen molar-refractivity contribution in [2.75, 3.05) is 20.2 Å². The average Bonchev–Trinajstić information content (AvgIpc) is 3.24. The molecule has 1 amide bonds. The molecule has 2 heterocycles. The van der Waals surface area contributed by atoms with E-state index in [9.17, 15) is 4.79 Å². The second-order valence-electron chi connectivity index (χ2n) is 6.73. The molecular formula is C17H25N3O2. The highest BCUT2D eigenvalue weighted by Crippen LogP contribution is 2.51. The first-order chi connectivity index (χ1) is 10.6. The number of pyridine rings is 1. The van der Waals surface area contributed by atoms with Gasteiger partial charge < -0.3 is 15.4 Å². The van der Waals surface area contributed by atoms with Gasteiger partial charge in [0.25, 0.3) is 0 Å². The summed E-state index contributed by atoms with van der Waals surface area (Å²) >= 11 is 0. The van der Waals surface area contributed by atoms with E-state index in [2.05, 4.69) is 16.9 Å². The van der Waals surface area contributed by atoms with Gasteiger partial charge in [-0.25, -0.2) is 4.98 Å². The number of hydrogen-bond donors (Lipinski definition) is 1. The van der Waals surface area contributed by atoms with Gasteiger partial charge in [-0.05, 0) is 58.2 Å². The molecule has 120 valence electrons. The van der Waals surface area contributed by atoms with Gasteiger partial charge in [0.15, 0.2) is 0 Å². The summed E-state index contributed by atoms with van der Waals surface area (Å²) in [5.74, 6) is 0.733. The normalized spacial score (nSPS) is 24.9. The van der Waals surface area contributed by atoms with Crippen LogP contribution >= 0.6 is 0 Å². The van der Waals surface area contributed by atoms with Crippen molar-refractivity contribution in [1.82, 2.24) is 9.88 Å². The van der Waals surface area contributed by atoms with E-state index in [-0.39, 0.29) is 11.9 Å². The zero-order valence-corrected chi connectivity index (χ0v) is 13.4. The quantitative estimate of drug-likeness (QED) is 0.869. The molecule has 0 spiro atoms. The standard InChI is InChI=1S/C17H25N3O2/c1-12-5-3-9-19-15(12)22-11-17(16(18)21,13-7-8-13)14-6-4-10-20(14)2/h3,5,9,13-14H,4,6-8,10-11H2,1-2H3,(H2,18,21). The van der Waals surface area contributed by atoms with Crippen molar-refractivity contribution < 1.29 is 9.53 Å². The van der Waals surface area contributed by atoms with Gasteiger partial charge in [0, 0.05) is 17.8 Å². The molecule has 5 heteroatoms. The van der Waals surface area contributed by atoms with Gasteiger partial charge >= 0.3 is 0 Å². The van der Waals surface area contributed by atoms with Crippen molar-refractivity contribution in [3.05, 3.63) is 23.9 Å². The van der Waals surface area contributed by atoms with E-state index in [0.29, 0.717) is 18.4 Å². The molecular weight excluding hydrogens is 278 g/mol. The number of aryl methyl sites for hydroxylation is 1. The number of aromatic nitrogens is 1. The van der Waals surface area contributed by atoms with Crippen LogP contribution in [-0.2, 0) is 4.79 Å². The largest absolute Gasteiger partial charge is 0.476 e. The van der Waals surface area contributed by atoms with E-state index < -0.39 is 5.41 Å². The summed E-state index contributed by atoms with van der Waals surface area (Å²) in [5, 5.41) is 0. The van der Waals surface area contributed by atoms with Crippen molar-refractivity contribution in [2.45, 2.75) is 38.6 Å². The zero-order valence-electron chi connectivity index (χ0n) is 13.4. The lowest BCUT2D eigenvalue weighted by molar-refractivity contribution is -0.135. The van der Waals surface area contributed by atoms with E-state index in [1.54, 1.807) is 6.20 Å². The minimum Gasteiger partial charge on any atom is -0.476 e. The summed E-state index contributed by atoms with van der Waals surface area (Å²) in [7, 11) is 2.09. The number of nitrogens with zero attached hydrogens (tertiary/aromatic N) is 2. The molecule has 1 saturated heterocycles. The van der Waals surface area contributed by atoms with Crippen LogP contribution in [0.25, 0.3) is 0 Å². The number of ether oxygens (including phenoxy) is 1. The number of primary amides is 1. The molecule has 2 N–H and O–H groups in total. The molecule has 1 aliphatic heterocycles. The molecule has 1 aromatic heterocycles. The average molecular weight is 303 g/mol. The fraction of sp³-hybridized carbons (Fsp3) is 0.647. The molecule has 0 bridgehead atoms. The third kappa shape index (κ3) is 2.58. The van der Waals surface area contributed by atoms with Gasteiger partial charge in [0.05, 0.1) is 0 Å². The molecule has 2 unspecified atom stereocenters. The van der Waals surface area contributed by atoms with Crippen molar-refractivity contribution in [3.63, 3.8) is 0 Å². The molecule has 2 aliphatic rings. The first-order valence-corrected chi connectivity index (χ1v) is 8.10. The van der Waals surface area contributed by atoms with Crippen LogP contribution in [0, 0.1) is 18.3 Å². The van der Waals surface area contributed by atoms with Gasteiger partial charge in [0.1, 0.15) is 12.0 Å². The molecule has 1 aromatic rings. The highest BCUT2D eigenvalue weighted by atomic mass is 16.5. The molecule has 2 fully saturated rings. The Morgan fingerprint density at radius 1 is 1.50 bits per heavy atom. The minimum absolute atomic E-state index is 0.182. The van der Waals surface area contributed by atoms with Crippen LogP contribution < -0.4 is 10.5 Å². The van der Waals surface area contributed by atoms with E-state index in [1.807, 2.05) is 19.1 Å². The Morgan fingerprint density at radius 2 is 2.27 bits per heavy atom. The summed E-state index contributed by atoms with van der Waals surface area (Å²) in [6.07, 6.45) is 5.98. The third-order valence-electron chi connectivity index (χ3n) is 5.29. The molecule has 1 saturated carbocycles. The van der Waals surface area contributed by atoms with Gasteiger partial charge in [-0.3, -0.25) is 4.79 Å². The Morgan fingerprint density at radius 3 is 2.82 bits per heavy atom. The second-order valence-corrected chi connectivity index (χ2v) is 6.73. The lowest BCUT2D eigenvalue weighted by Crippen LogP contribution is -2.56. The summed E-state index contributed by atoms with van der Waals surface area (Å²) in [6.45, 7) is 3.32. The highest BCUT2D eigenvalue weighted by Gasteiger charge is 2.57. The van der Waals surface area contributed by atoms with Crippen LogP contribution in [-0.4, -0.2) is 42.0 Å². The first kappa shape index (κ1) is 15.3. The molecule has 0 radical (unpaired) electrons. The van der Waals surface area contributed by atoms with Gasteiger partial charge in [0.2, 0.25) is 11.8 Å². The van der Waals surface area contributed by atoms with Crippen molar-refractivity contribution in [2.24, 2.45) is 17.1 Å². The molecule has 22 heavy (non-hydrogen) atoms. The van der Waals surface area contributed by atoms with Crippen LogP contribution in [0.4, 0.5) is 0 Å². The van der Waals surface area contributed by atoms with Crippen LogP contribution in [0.2, 0.25) is 0 Å². The number of likely N-dealkylation sites (tertiary alicyclic amines) is 1. The number of rotatable bonds is 6. The minimum atomic E-state index is -0.588. The number of carbonyl (C=O) groups is 1.